The van der Waals surface area contributed by atoms with Gasteiger partial charge in [-0.25, -0.2) is 15.0 Å². The van der Waals surface area contributed by atoms with Gasteiger partial charge in [0, 0.05) is 152 Å². The van der Waals surface area contributed by atoms with E-state index in [4.69, 9.17) is 28.3 Å². The maximum atomic E-state index is 5.50. The normalized spacial score (nSPS) is 10.9. The first kappa shape index (κ1) is 99.5. The standard InChI is InChI=1S/C27H20N7.C23H18N5O.C23H25N4S.C17H14N5O.C10H8N5O.5Ir/c1-18-31-25-27(33(18)2)32-23(16-28-25)26-29-17-30-34(26)24-21(19-10-5-3-6-11-19)14-9-15-22(24)20-12-7-4-8-13-20;1-14-11-18(17-7-5-4-6-8-17)12-15(2)21(14)28-23(24-13-25-28)19-9-10-20-22(27-19)26-16(3)29-20;1-13(2)18-8-7-9-19(14(3)4)22(18)27-23(24-15(5)26-27)17-10-11-21-20(12-17)25-16(6)28-21;1-10-5-4-6-11(2)15(10)22-17(18-9-19-22)13-7-8-14-16(21-13)20-12(3)23-14;1-6-13-9-8(16-6)4-3-7(14-9)10-11-5-12-15(10)2;;;;;/h3-15,17H,1-2H3;4-8,10-13H,1-3H3;7-9,11-14H,1-6H3;4-6,8-9H,1-3H3;4-5H,1-2H3;;;;;/q5*-1;;;;;. The number of aromatic nitrogens is 26. The smallest absolute Gasteiger partial charge is 0.179 e. The fourth-order valence-electron chi connectivity index (χ4n) is 15.6. The van der Waals surface area contributed by atoms with Crippen LogP contribution in [-0.2, 0) is 115 Å². The van der Waals surface area contributed by atoms with Gasteiger partial charge in [-0.3, -0.25) is 78.2 Å². The van der Waals surface area contributed by atoms with Crippen molar-refractivity contribution in [1.29, 1.82) is 0 Å². The van der Waals surface area contributed by atoms with Crippen LogP contribution in [0.4, 0.5) is 0 Å². The largest absolute Gasteiger partial charge is 0.501 e. The molecule has 5 radical (unpaired) electrons. The van der Waals surface area contributed by atoms with Crippen LogP contribution in [0.25, 0.3) is 169 Å². The number of benzene rings is 8. The van der Waals surface area contributed by atoms with Gasteiger partial charge in [0.05, 0.1) is 85.1 Å². The Morgan fingerprint density at radius 3 is 1.27 bits per heavy atom. The molecule has 0 aliphatic carbocycles. The molecular weight excluding hydrogens is 2610 g/mol. The zero-order valence-electron chi connectivity index (χ0n) is 75.8. The van der Waals surface area contributed by atoms with Crippen molar-refractivity contribution < 1.29 is 114 Å². The van der Waals surface area contributed by atoms with Gasteiger partial charge < -0.3 is 22.8 Å². The van der Waals surface area contributed by atoms with Crippen LogP contribution in [0.2, 0.25) is 0 Å². The predicted octanol–water partition coefficient (Wildman–Crippen LogP) is 20.4. The number of imidazole rings is 1. The molecule has 0 bridgehead atoms. The van der Waals surface area contributed by atoms with Crippen molar-refractivity contribution in [3.8, 4) is 114 Å². The van der Waals surface area contributed by atoms with E-state index in [9.17, 15) is 0 Å². The zero-order chi connectivity index (χ0) is 90.1. The average molecular weight is 2690 g/mol. The third-order valence-corrected chi connectivity index (χ3v) is 22.6. The molecule has 0 N–H and O–H groups in total. The number of nitrogens with zero attached hydrogens (tertiary/aromatic N) is 26. The number of fused-ring (bicyclic) bond motifs is 5. The van der Waals surface area contributed by atoms with Crippen molar-refractivity contribution >= 4 is 66.5 Å². The molecule has 0 aliphatic rings. The Balaban J connectivity index is 0.000000144. The predicted molar refractivity (Wildman–Crippen MR) is 499 cm³/mol. The summed E-state index contributed by atoms with van der Waals surface area (Å²) < 4.78 is 28.4. The first-order chi connectivity index (χ1) is 63.0. The van der Waals surface area contributed by atoms with Crippen molar-refractivity contribution in [2.45, 2.75) is 109 Å². The Kier molecular flexibility index (Phi) is 31.8. The van der Waals surface area contributed by atoms with Crippen LogP contribution in [0.1, 0.15) is 107 Å². The topological polar surface area (TPSA) is 327 Å². The van der Waals surface area contributed by atoms with Crippen LogP contribution in [0.5, 0.6) is 0 Å². The molecule has 0 spiro atoms. The summed E-state index contributed by atoms with van der Waals surface area (Å²) in [6.07, 6.45) is 9.10. The number of hydrogen-bond acceptors (Lipinski definition) is 24. The summed E-state index contributed by atoms with van der Waals surface area (Å²) in [5, 5.41) is 23.3. The van der Waals surface area contributed by atoms with Crippen molar-refractivity contribution in [2.75, 3.05) is 0 Å². The maximum Gasteiger partial charge on any atom is 0.179 e. The minimum absolute atomic E-state index is 0. The maximum absolute atomic E-state index is 5.50. The van der Waals surface area contributed by atoms with E-state index in [0.717, 1.165) is 106 Å². The quantitative estimate of drug-likeness (QED) is 0.0913. The van der Waals surface area contributed by atoms with Crippen molar-refractivity contribution in [2.24, 2.45) is 14.1 Å². The minimum atomic E-state index is 0. The molecule has 22 rings (SSSR count). The second kappa shape index (κ2) is 43.1. The van der Waals surface area contributed by atoms with Gasteiger partial charge in [-0.1, -0.05) is 173 Å². The summed E-state index contributed by atoms with van der Waals surface area (Å²) in [5.74, 6) is 7.39. The molecule has 0 unspecified atom stereocenters. The van der Waals surface area contributed by atoms with E-state index in [0.29, 0.717) is 121 Å². The van der Waals surface area contributed by atoms with E-state index < -0.39 is 0 Å². The van der Waals surface area contributed by atoms with E-state index in [1.54, 1.807) is 73.0 Å². The first-order valence-electron chi connectivity index (χ1n) is 42.0. The van der Waals surface area contributed by atoms with Gasteiger partial charge in [-0.05, 0) is 162 Å². The van der Waals surface area contributed by atoms with E-state index in [2.05, 4.69) is 274 Å². The number of oxazole rings is 3. The van der Waals surface area contributed by atoms with Crippen LogP contribution in [0.15, 0.2) is 227 Å². The summed E-state index contributed by atoms with van der Waals surface area (Å²) in [6, 6.07) is 76.2. The number of pyridine rings is 3. The van der Waals surface area contributed by atoms with Gasteiger partial charge in [-0.15, -0.1) is 60.2 Å². The number of thiazole rings is 1. The third kappa shape index (κ3) is 21.0. The Bertz CT molecular complexity index is 7780. The Hall–Kier alpha value is -13.0. The molecule has 8 aromatic carbocycles. The summed E-state index contributed by atoms with van der Waals surface area (Å²) in [7, 11) is 3.72. The second-order valence-corrected chi connectivity index (χ2v) is 32.8. The molecule has 0 saturated heterocycles. The fourth-order valence-corrected chi connectivity index (χ4v) is 16.4. The number of aryl methyl sites for hydroxylation is 12. The fraction of sp³-hybridized carbons (Fsp3) is 0.180. The van der Waals surface area contributed by atoms with E-state index in [1.165, 1.54) is 41.2 Å². The minimum Gasteiger partial charge on any atom is -0.501 e. The SMILES string of the molecule is Cc1nc(-c2[c-]cc3sc(C)nc3c2)n(-c2c(C(C)C)cccc2C(C)C)n1.Cc1nc2n[c-]c(-c3ncnn3-c3c(-c4ccccc4)cccc3-c3ccccc3)nc2n1C.Cc1nc2nc(-c3ncnn3-c3c(C)cc(-c4ccccc4)cc3C)[c-]cc2o1.Cc1nc2nc(-c3ncnn3-c3c(C)cccc3C)[c-]cc2o1.Cc1nc2nc(-c3ncnn3C)[c-]cc2o1.[Ir].[Ir].[Ir].[Ir].[Ir]. The molecule has 135 heavy (non-hydrogen) atoms. The number of rotatable bonds is 14. The second-order valence-electron chi connectivity index (χ2n) is 31.6. The van der Waals surface area contributed by atoms with Crippen LogP contribution in [0, 0.1) is 99.7 Å². The summed E-state index contributed by atoms with van der Waals surface area (Å²) in [6.45, 7) is 28.4. The molecule has 689 valence electrons. The van der Waals surface area contributed by atoms with Gasteiger partial charge >= 0.3 is 0 Å². The van der Waals surface area contributed by atoms with Gasteiger partial charge in [0.2, 0.25) is 0 Å². The van der Waals surface area contributed by atoms with Crippen molar-refractivity contribution in [3.05, 3.63) is 312 Å². The van der Waals surface area contributed by atoms with Gasteiger partial charge in [0.15, 0.2) is 17.7 Å². The van der Waals surface area contributed by atoms with Gasteiger partial charge in [-0.2, -0.15) is 36.8 Å². The van der Waals surface area contributed by atoms with Crippen LogP contribution < -0.4 is 0 Å². The van der Waals surface area contributed by atoms with Crippen LogP contribution >= 0.6 is 11.3 Å². The first-order valence-corrected chi connectivity index (χ1v) is 42.8. The third-order valence-electron chi connectivity index (χ3n) is 21.7. The Labute approximate surface area is 849 Å². The monoisotopic (exact) mass is 2690 g/mol. The average Bonchev–Trinajstić information content (AvgIpc) is 1.38. The van der Waals surface area contributed by atoms with Gasteiger partial charge in [0.25, 0.3) is 0 Å². The molecule has 35 heteroatoms. The number of para-hydroxylation sites is 3. The molecule has 0 aliphatic heterocycles. The zero-order valence-corrected chi connectivity index (χ0v) is 88.6. The summed E-state index contributed by atoms with van der Waals surface area (Å²) >= 11 is 1.69. The van der Waals surface area contributed by atoms with E-state index in [-0.39, 0.29) is 101 Å². The molecule has 0 fully saturated rings. The molecule has 0 amide bonds. The molecule has 22 aromatic rings. The van der Waals surface area contributed by atoms with E-state index in [1.807, 2.05) is 113 Å². The Morgan fingerprint density at radius 1 is 0.356 bits per heavy atom. The van der Waals surface area contributed by atoms with Crippen LogP contribution in [0.3, 0.4) is 0 Å². The molecule has 14 heterocycles. The molecular formula is C100H85Ir5N26O3S-5. The molecule has 0 saturated carbocycles. The molecule has 29 nitrogen and oxygen atoms in total. The number of hydrogen-bond donors (Lipinski definition) is 0. The molecule has 14 aromatic heterocycles. The van der Waals surface area contributed by atoms with Crippen molar-refractivity contribution in [1.82, 2.24) is 128 Å². The summed E-state index contributed by atoms with van der Waals surface area (Å²) in [5.41, 5.74) is 26.6. The summed E-state index contributed by atoms with van der Waals surface area (Å²) in [4.78, 5) is 66.6. The van der Waals surface area contributed by atoms with Crippen LogP contribution in [-0.4, -0.2) is 128 Å². The molecule has 0 atom stereocenters. The van der Waals surface area contributed by atoms with Gasteiger partial charge in [0.1, 0.15) is 53.7 Å². The van der Waals surface area contributed by atoms with E-state index >= 15 is 0 Å². The Morgan fingerprint density at radius 2 is 0.793 bits per heavy atom. The van der Waals surface area contributed by atoms with Crippen molar-refractivity contribution in [3.63, 3.8) is 0 Å².